The van der Waals surface area contributed by atoms with Gasteiger partial charge in [0.2, 0.25) is 0 Å². The molecule has 1 amide bonds. The van der Waals surface area contributed by atoms with Gasteiger partial charge in [0.05, 0.1) is 22.5 Å². The van der Waals surface area contributed by atoms with Gasteiger partial charge < -0.3 is 10.2 Å². The largest absolute Gasteiger partial charge is 0.339 e. The van der Waals surface area contributed by atoms with E-state index in [-0.39, 0.29) is 30.7 Å². The van der Waals surface area contributed by atoms with Crippen molar-refractivity contribution < 1.29 is 9.18 Å². The molecule has 1 saturated heterocycles. The van der Waals surface area contributed by atoms with E-state index in [0.717, 1.165) is 37.2 Å². The van der Waals surface area contributed by atoms with Crippen molar-refractivity contribution in [3.63, 3.8) is 0 Å². The zero-order chi connectivity index (χ0) is 18.0. The summed E-state index contributed by atoms with van der Waals surface area (Å²) in [6.07, 6.45) is 3.11. The lowest BCUT2D eigenvalue weighted by molar-refractivity contribution is 0.0688. The molecule has 2 heterocycles. The molecule has 0 spiro atoms. The van der Waals surface area contributed by atoms with Crippen molar-refractivity contribution in [2.24, 2.45) is 5.92 Å². The first kappa shape index (κ1) is 23.5. The molecule has 1 aliphatic rings. The van der Waals surface area contributed by atoms with Gasteiger partial charge in [0.25, 0.3) is 5.91 Å². The number of likely N-dealkylation sites (tertiary alicyclic amines) is 1. The van der Waals surface area contributed by atoms with Gasteiger partial charge in [-0.2, -0.15) is 0 Å². The summed E-state index contributed by atoms with van der Waals surface area (Å²) in [5.74, 6) is 0.0527. The topological polar surface area (TPSA) is 58.1 Å². The number of rotatable bonds is 4. The lowest BCUT2D eigenvalue weighted by Gasteiger charge is -2.32. The lowest BCUT2D eigenvalue weighted by Crippen LogP contribution is -2.39. The molecule has 1 aromatic heterocycles. The highest BCUT2D eigenvalue weighted by Crippen LogP contribution is 2.25. The van der Waals surface area contributed by atoms with Crippen LogP contribution < -0.4 is 5.32 Å². The summed E-state index contributed by atoms with van der Waals surface area (Å²) in [4.78, 5) is 23.7. The summed E-state index contributed by atoms with van der Waals surface area (Å²) in [7, 11) is 1.96. The molecular formula is C19H27Cl2FN4O. The fourth-order valence-electron chi connectivity index (χ4n) is 3.40. The van der Waals surface area contributed by atoms with Gasteiger partial charge in [-0.15, -0.1) is 24.8 Å². The van der Waals surface area contributed by atoms with E-state index in [4.69, 9.17) is 0 Å². The standard InChI is InChI=1S/C19H25FN4O.2ClH/c1-12-13(2)23-18-16(10-15(20)11-17(18)22-12)19(25)24-8-5-14(6-9-24)4-7-21-3;;/h10-11,14,21H,4-9H2,1-3H3;2*1H. The zero-order valence-electron chi connectivity index (χ0n) is 15.9. The van der Waals surface area contributed by atoms with Crippen molar-refractivity contribution >= 4 is 41.8 Å². The lowest BCUT2D eigenvalue weighted by atomic mass is 9.93. The van der Waals surface area contributed by atoms with Gasteiger partial charge in [0.1, 0.15) is 11.3 Å². The smallest absolute Gasteiger partial charge is 0.256 e. The van der Waals surface area contributed by atoms with E-state index in [0.29, 0.717) is 35.6 Å². The molecule has 1 aliphatic heterocycles. The third-order valence-electron chi connectivity index (χ3n) is 5.08. The van der Waals surface area contributed by atoms with Gasteiger partial charge in [-0.25, -0.2) is 14.4 Å². The number of carbonyl (C=O) groups is 1. The van der Waals surface area contributed by atoms with E-state index < -0.39 is 5.82 Å². The number of carbonyl (C=O) groups excluding carboxylic acids is 1. The number of halogens is 3. The van der Waals surface area contributed by atoms with Crippen molar-refractivity contribution in [3.05, 3.63) is 34.9 Å². The second kappa shape index (κ2) is 10.2. The first-order valence-corrected chi connectivity index (χ1v) is 8.88. The van der Waals surface area contributed by atoms with Gasteiger partial charge in [0.15, 0.2) is 0 Å². The molecule has 8 heteroatoms. The number of hydrogen-bond donors (Lipinski definition) is 1. The quantitative estimate of drug-likeness (QED) is 0.825. The van der Waals surface area contributed by atoms with Crippen LogP contribution in [0.25, 0.3) is 11.0 Å². The van der Waals surface area contributed by atoms with Crippen LogP contribution in [-0.4, -0.2) is 47.5 Å². The van der Waals surface area contributed by atoms with Gasteiger partial charge >= 0.3 is 0 Å². The monoisotopic (exact) mass is 416 g/mol. The zero-order valence-corrected chi connectivity index (χ0v) is 17.6. The number of amides is 1. The van der Waals surface area contributed by atoms with Crippen LogP contribution in [0.15, 0.2) is 12.1 Å². The molecule has 0 unspecified atom stereocenters. The van der Waals surface area contributed by atoms with Gasteiger partial charge in [0, 0.05) is 19.2 Å². The Hall–Kier alpha value is -1.50. The molecule has 5 nitrogen and oxygen atoms in total. The SMILES string of the molecule is CNCCC1CCN(C(=O)c2cc(F)cc3nc(C)c(C)nc23)CC1.Cl.Cl. The molecular weight excluding hydrogens is 390 g/mol. The summed E-state index contributed by atoms with van der Waals surface area (Å²) in [6.45, 7) is 6.12. The average Bonchev–Trinajstić information content (AvgIpc) is 2.60. The Kier molecular flexibility index (Phi) is 8.85. The van der Waals surface area contributed by atoms with Gasteiger partial charge in [-0.3, -0.25) is 4.79 Å². The molecule has 0 saturated carbocycles. The maximum absolute atomic E-state index is 14.0. The van der Waals surface area contributed by atoms with Crippen molar-refractivity contribution in [1.82, 2.24) is 20.2 Å². The highest BCUT2D eigenvalue weighted by Gasteiger charge is 2.25. The Morgan fingerprint density at radius 3 is 2.44 bits per heavy atom. The number of fused-ring (bicyclic) bond motifs is 1. The summed E-state index contributed by atoms with van der Waals surface area (Å²) >= 11 is 0. The number of hydrogen-bond acceptors (Lipinski definition) is 4. The number of aromatic nitrogens is 2. The number of nitrogens with zero attached hydrogens (tertiary/aromatic N) is 3. The minimum atomic E-state index is -0.447. The van der Waals surface area contributed by atoms with Crippen LogP contribution in [0, 0.1) is 25.6 Å². The molecule has 1 N–H and O–H groups in total. The highest BCUT2D eigenvalue weighted by molar-refractivity contribution is 6.04. The maximum Gasteiger partial charge on any atom is 0.256 e. The van der Waals surface area contributed by atoms with E-state index in [9.17, 15) is 9.18 Å². The second-order valence-electron chi connectivity index (χ2n) is 6.84. The Morgan fingerprint density at radius 2 is 1.81 bits per heavy atom. The number of benzene rings is 1. The third-order valence-corrected chi connectivity index (χ3v) is 5.08. The molecule has 150 valence electrons. The van der Waals surface area contributed by atoms with E-state index in [1.54, 1.807) is 0 Å². The number of piperidine rings is 1. The molecule has 0 radical (unpaired) electrons. The first-order valence-electron chi connectivity index (χ1n) is 8.88. The fourth-order valence-corrected chi connectivity index (χ4v) is 3.40. The van der Waals surface area contributed by atoms with Crippen LogP contribution in [0.1, 0.15) is 41.0 Å². The number of nitrogens with one attached hydrogen (secondary N) is 1. The Bertz CT molecular complexity index is 795. The minimum Gasteiger partial charge on any atom is -0.339 e. The van der Waals surface area contributed by atoms with E-state index in [1.165, 1.54) is 12.1 Å². The summed E-state index contributed by atoms with van der Waals surface area (Å²) in [5.41, 5.74) is 2.77. The third kappa shape index (κ3) is 5.27. The Balaban J connectivity index is 0.00000182. The second-order valence-corrected chi connectivity index (χ2v) is 6.84. The van der Waals surface area contributed by atoms with Crippen molar-refractivity contribution in [2.45, 2.75) is 33.1 Å². The molecule has 0 aliphatic carbocycles. The molecule has 1 aromatic carbocycles. The first-order chi connectivity index (χ1) is 12.0. The van der Waals surface area contributed by atoms with Crippen LogP contribution in [0.3, 0.4) is 0 Å². The fraction of sp³-hybridized carbons (Fsp3) is 0.526. The molecule has 27 heavy (non-hydrogen) atoms. The minimum absolute atomic E-state index is 0. The van der Waals surface area contributed by atoms with Crippen LogP contribution in [0.5, 0.6) is 0 Å². The average molecular weight is 417 g/mol. The molecule has 3 rings (SSSR count). The normalized spacial score (nSPS) is 14.6. The van der Waals surface area contributed by atoms with Crippen molar-refractivity contribution in [3.8, 4) is 0 Å². The Labute approximate surface area is 172 Å². The van der Waals surface area contributed by atoms with Crippen LogP contribution in [0.4, 0.5) is 4.39 Å². The van der Waals surface area contributed by atoms with Crippen molar-refractivity contribution in [2.75, 3.05) is 26.7 Å². The van der Waals surface area contributed by atoms with E-state index in [1.807, 2.05) is 25.8 Å². The maximum atomic E-state index is 14.0. The van der Waals surface area contributed by atoms with Crippen LogP contribution >= 0.6 is 24.8 Å². The summed E-state index contributed by atoms with van der Waals surface area (Å²) < 4.78 is 14.0. The van der Waals surface area contributed by atoms with Crippen molar-refractivity contribution in [1.29, 1.82) is 0 Å². The van der Waals surface area contributed by atoms with Gasteiger partial charge in [-0.05, 0) is 58.7 Å². The summed E-state index contributed by atoms with van der Waals surface area (Å²) in [5, 5.41) is 3.17. The Morgan fingerprint density at radius 1 is 1.19 bits per heavy atom. The van der Waals surface area contributed by atoms with Gasteiger partial charge in [-0.1, -0.05) is 0 Å². The van der Waals surface area contributed by atoms with E-state index >= 15 is 0 Å². The summed E-state index contributed by atoms with van der Waals surface area (Å²) in [6, 6.07) is 2.64. The van der Waals surface area contributed by atoms with Crippen LogP contribution in [0.2, 0.25) is 0 Å². The van der Waals surface area contributed by atoms with E-state index in [2.05, 4.69) is 15.3 Å². The predicted molar refractivity (Wildman–Crippen MR) is 111 cm³/mol. The molecule has 0 bridgehead atoms. The molecule has 2 aromatic rings. The molecule has 0 atom stereocenters. The number of aryl methyl sites for hydroxylation is 2. The highest BCUT2D eigenvalue weighted by atomic mass is 35.5. The predicted octanol–water partition coefficient (Wildman–Crippen LogP) is 3.69. The molecule has 1 fully saturated rings. The van der Waals surface area contributed by atoms with Crippen LogP contribution in [-0.2, 0) is 0 Å².